The average Bonchev–Trinajstić information content (AvgIpc) is 3.44. The van der Waals surface area contributed by atoms with Crippen molar-refractivity contribution in [3.63, 3.8) is 0 Å². The molecule has 9 heteroatoms. The van der Waals surface area contributed by atoms with Crippen molar-refractivity contribution in [3.8, 4) is 0 Å². The van der Waals surface area contributed by atoms with E-state index in [1.807, 2.05) is 35.3 Å². The Kier molecular flexibility index (Phi) is 8.42. The monoisotopic (exact) mass is 424 g/mol. The Labute approximate surface area is 176 Å². The number of hydrogen-bond acceptors (Lipinski definition) is 6. The summed E-state index contributed by atoms with van der Waals surface area (Å²) < 4.78 is 1.14. The molecule has 1 N–H and O–H groups in total. The summed E-state index contributed by atoms with van der Waals surface area (Å²) in [5, 5.41) is 5.50. The van der Waals surface area contributed by atoms with Gasteiger partial charge in [-0.25, -0.2) is 4.98 Å². The Balaban J connectivity index is 1.35. The number of carbonyl (C=O) groups excluding carboxylic acids is 1. The van der Waals surface area contributed by atoms with E-state index < -0.39 is 0 Å². The van der Waals surface area contributed by atoms with Crippen LogP contribution in [0.25, 0.3) is 0 Å². The molecule has 0 spiro atoms. The lowest BCUT2D eigenvalue weighted by atomic mass is 10.2. The average molecular weight is 425 g/mol. The number of nitrogens with zero attached hydrogens (tertiary/aromatic N) is 5. The van der Waals surface area contributed by atoms with Crippen LogP contribution in [0.3, 0.4) is 0 Å². The largest absolute Gasteiger partial charge is 0.356 e. The van der Waals surface area contributed by atoms with Crippen molar-refractivity contribution in [2.45, 2.75) is 36.6 Å². The lowest BCUT2D eigenvalue weighted by molar-refractivity contribution is -0.135. The van der Waals surface area contributed by atoms with E-state index in [-0.39, 0.29) is 6.04 Å². The second-order valence-corrected chi connectivity index (χ2v) is 9.44. The van der Waals surface area contributed by atoms with Crippen LogP contribution in [0.2, 0.25) is 0 Å². The molecule has 0 saturated carbocycles. The first-order valence-electron chi connectivity index (χ1n) is 10.2. The predicted molar refractivity (Wildman–Crippen MR) is 117 cm³/mol. The van der Waals surface area contributed by atoms with E-state index >= 15 is 0 Å². The van der Waals surface area contributed by atoms with Gasteiger partial charge in [-0.2, -0.15) is 0 Å². The molecule has 2 fully saturated rings. The summed E-state index contributed by atoms with van der Waals surface area (Å²) in [6.45, 7) is 8.46. The van der Waals surface area contributed by atoms with E-state index in [0.29, 0.717) is 5.91 Å². The number of thiazole rings is 1. The number of carbonyl (C=O) groups is 1. The van der Waals surface area contributed by atoms with Crippen LogP contribution in [0.15, 0.2) is 20.9 Å². The van der Waals surface area contributed by atoms with Crippen molar-refractivity contribution in [1.82, 2.24) is 25.0 Å². The summed E-state index contributed by atoms with van der Waals surface area (Å²) in [7, 11) is 1.85. The number of aromatic nitrogens is 1. The van der Waals surface area contributed by atoms with E-state index in [1.165, 1.54) is 0 Å². The summed E-state index contributed by atoms with van der Waals surface area (Å²) in [6.07, 6.45) is 5.23. The van der Waals surface area contributed by atoms with Crippen molar-refractivity contribution >= 4 is 35.0 Å². The molecule has 2 aliphatic heterocycles. The third-order valence-electron chi connectivity index (χ3n) is 5.39. The van der Waals surface area contributed by atoms with Crippen molar-refractivity contribution < 1.29 is 4.79 Å². The molecule has 1 aromatic heterocycles. The highest BCUT2D eigenvalue weighted by Gasteiger charge is 2.30. The number of guanidine groups is 1. The summed E-state index contributed by atoms with van der Waals surface area (Å²) >= 11 is 3.50. The van der Waals surface area contributed by atoms with Crippen LogP contribution in [0.5, 0.6) is 0 Å². The molecule has 1 aromatic rings. The smallest absolute Gasteiger partial charge is 0.239 e. The van der Waals surface area contributed by atoms with E-state index in [2.05, 4.69) is 32.0 Å². The fraction of sp³-hybridized carbons (Fsp3) is 0.737. The van der Waals surface area contributed by atoms with Crippen LogP contribution >= 0.6 is 23.1 Å². The van der Waals surface area contributed by atoms with E-state index in [4.69, 9.17) is 0 Å². The van der Waals surface area contributed by atoms with Crippen molar-refractivity contribution in [3.05, 3.63) is 11.6 Å². The van der Waals surface area contributed by atoms with Crippen LogP contribution in [-0.4, -0.2) is 96.2 Å². The van der Waals surface area contributed by atoms with Crippen LogP contribution in [0, 0.1) is 0 Å². The number of thioether (sulfide) groups is 1. The maximum Gasteiger partial charge on any atom is 0.239 e. The van der Waals surface area contributed by atoms with Crippen LogP contribution < -0.4 is 5.32 Å². The van der Waals surface area contributed by atoms with Gasteiger partial charge in [0.25, 0.3) is 0 Å². The molecular formula is C19H32N6OS2. The zero-order chi connectivity index (χ0) is 19.8. The molecule has 0 bridgehead atoms. The maximum absolute atomic E-state index is 12.6. The molecule has 2 saturated heterocycles. The molecular weight excluding hydrogens is 392 g/mol. The second-order valence-electron chi connectivity index (χ2n) is 7.21. The molecule has 0 aliphatic carbocycles. The molecule has 28 heavy (non-hydrogen) atoms. The number of likely N-dealkylation sites (tertiary alicyclic amines) is 1. The van der Waals surface area contributed by atoms with Crippen molar-refractivity contribution in [1.29, 1.82) is 0 Å². The minimum Gasteiger partial charge on any atom is -0.356 e. The van der Waals surface area contributed by atoms with Crippen molar-refractivity contribution in [2.75, 3.05) is 58.6 Å². The molecule has 3 heterocycles. The number of aliphatic imine (C=N–C) groups is 1. The van der Waals surface area contributed by atoms with Gasteiger partial charge in [0.1, 0.15) is 4.34 Å². The van der Waals surface area contributed by atoms with Gasteiger partial charge in [0.05, 0.1) is 6.04 Å². The van der Waals surface area contributed by atoms with Crippen LogP contribution in [0.1, 0.15) is 26.2 Å². The summed E-state index contributed by atoms with van der Waals surface area (Å²) in [4.78, 5) is 28.0. The van der Waals surface area contributed by atoms with Gasteiger partial charge in [-0.15, -0.1) is 11.3 Å². The molecule has 1 unspecified atom stereocenters. The van der Waals surface area contributed by atoms with Gasteiger partial charge in [0, 0.05) is 70.2 Å². The molecule has 2 aliphatic rings. The van der Waals surface area contributed by atoms with Gasteiger partial charge in [-0.3, -0.25) is 14.7 Å². The molecule has 0 radical (unpaired) electrons. The van der Waals surface area contributed by atoms with Gasteiger partial charge < -0.3 is 15.1 Å². The standard InChI is InChI=1S/C19H32N6OS2/c1-16(17(26)24-8-3-4-9-24)23-10-12-25(13-11-23)18(20-2)21-6-5-14-27-19-22-7-15-28-19/h7,15-16H,3-6,8-14H2,1-2H3,(H,20,21). The molecule has 3 rings (SSSR count). The third-order valence-corrected chi connectivity index (χ3v) is 7.44. The zero-order valence-electron chi connectivity index (χ0n) is 17.0. The molecule has 7 nitrogen and oxygen atoms in total. The first kappa shape index (κ1) is 21.4. The van der Waals surface area contributed by atoms with Crippen molar-refractivity contribution in [2.24, 2.45) is 4.99 Å². The number of hydrogen-bond donors (Lipinski definition) is 1. The Morgan fingerprint density at radius 3 is 2.64 bits per heavy atom. The number of piperazine rings is 1. The van der Waals surface area contributed by atoms with E-state index in [1.54, 1.807) is 11.3 Å². The van der Waals surface area contributed by atoms with Gasteiger partial charge in [0.15, 0.2) is 5.96 Å². The topological polar surface area (TPSA) is 64.1 Å². The zero-order valence-corrected chi connectivity index (χ0v) is 18.6. The quantitative estimate of drug-likeness (QED) is 0.312. The highest BCUT2D eigenvalue weighted by Crippen LogP contribution is 2.20. The molecule has 156 valence electrons. The fourth-order valence-corrected chi connectivity index (χ4v) is 5.37. The summed E-state index contributed by atoms with van der Waals surface area (Å²) in [6, 6.07) is -0.0156. The Bertz CT molecular complexity index is 624. The fourth-order valence-electron chi connectivity index (χ4n) is 3.72. The SMILES string of the molecule is CN=C(NCCCSc1nccs1)N1CCN(C(C)C(=O)N2CCCC2)CC1. The van der Waals surface area contributed by atoms with Crippen LogP contribution in [0.4, 0.5) is 0 Å². The lowest BCUT2D eigenvalue weighted by Gasteiger charge is -2.39. The molecule has 1 atom stereocenters. The van der Waals surface area contributed by atoms with E-state index in [9.17, 15) is 4.79 Å². The third kappa shape index (κ3) is 5.84. The van der Waals surface area contributed by atoms with Crippen LogP contribution in [-0.2, 0) is 4.79 Å². The number of amides is 1. The Morgan fingerprint density at radius 1 is 1.25 bits per heavy atom. The Hall–Kier alpha value is -1.32. The first-order chi connectivity index (χ1) is 13.7. The lowest BCUT2D eigenvalue weighted by Crippen LogP contribution is -2.57. The highest BCUT2D eigenvalue weighted by atomic mass is 32.2. The normalized spacial score (nSPS) is 19.9. The van der Waals surface area contributed by atoms with Gasteiger partial charge in [-0.05, 0) is 26.2 Å². The maximum atomic E-state index is 12.6. The minimum atomic E-state index is -0.0156. The summed E-state index contributed by atoms with van der Waals surface area (Å²) in [5.41, 5.74) is 0. The summed E-state index contributed by atoms with van der Waals surface area (Å²) in [5.74, 6) is 2.32. The molecule has 0 aromatic carbocycles. The second kappa shape index (κ2) is 11.0. The molecule has 1 amide bonds. The van der Waals surface area contributed by atoms with E-state index in [0.717, 1.165) is 81.1 Å². The van der Waals surface area contributed by atoms with Gasteiger partial charge in [0.2, 0.25) is 5.91 Å². The van der Waals surface area contributed by atoms with Gasteiger partial charge in [-0.1, -0.05) is 11.8 Å². The number of nitrogens with one attached hydrogen (secondary N) is 1. The first-order valence-corrected chi connectivity index (χ1v) is 12.1. The predicted octanol–water partition coefficient (Wildman–Crippen LogP) is 1.83. The number of rotatable bonds is 7. The Morgan fingerprint density at radius 2 is 2.00 bits per heavy atom. The minimum absolute atomic E-state index is 0.0156. The van der Waals surface area contributed by atoms with Gasteiger partial charge >= 0.3 is 0 Å². The highest BCUT2D eigenvalue weighted by molar-refractivity contribution is 8.00.